The van der Waals surface area contributed by atoms with Gasteiger partial charge in [0.15, 0.2) is 5.16 Å². The highest BCUT2D eigenvalue weighted by atomic mass is 32.2. The van der Waals surface area contributed by atoms with E-state index in [9.17, 15) is 13.2 Å². The van der Waals surface area contributed by atoms with E-state index < -0.39 is 17.6 Å². The molecule has 2 rings (SSSR count). The van der Waals surface area contributed by atoms with Gasteiger partial charge in [0.1, 0.15) is 5.84 Å². The summed E-state index contributed by atoms with van der Waals surface area (Å²) in [6, 6.07) is 3.53. The third kappa shape index (κ3) is 2.96. The van der Waals surface area contributed by atoms with Gasteiger partial charge in [-0.15, -0.1) is 0 Å². The average molecular weight is 300 g/mol. The van der Waals surface area contributed by atoms with Gasteiger partial charge in [0.05, 0.1) is 5.56 Å². The molecule has 20 heavy (non-hydrogen) atoms. The molecule has 0 aliphatic rings. The number of aryl methyl sites for hydroxylation is 1. The molecule has 106 valence electrons. The summed E-state index contributed by atoms with van der Waals surface area (Å²) in [6.07, 6.45) is -1.20. The first-order valence-corrected chi connectivity index (χ1v) is 6.31. The SMILES string of the molecule is Cn1ccnc1Sc1ccc(C(F)(F)F)c(C(=N)N)c1. The fourth-order valence-electron chi connectivity index (χ4n) is 1.61. The second kappa shape index (κ2) is 5.20. The quantitative estimate of drug-likeness (QED) is 0.676. The van der Waals surface area contributed by atoms with Crippen molar-refractivity contribution in [2.45, 2.75) is 16.2 Å². The van der Waals surface area contributed by atoms with Gasteiger partial charge in [-0.25, -0.2) is 4.98 Å². The smallest absolute Gasteiger partial charge is 0.384 e. The molecule has 0 spiro atoms. The van der Waals surface area contributed by atoms with Crippen LogP contribution in [0.15, 0.2) is 40.6 Å². The van der Waals surface area contributed by atoms with Crippen molar-refractivity contribution in [1.29, 1.82) is 5.41 Å². The second-order valence-corrected chi connectivity index (χ2v) is 5.08. The van der Waals surface area contributed by atoms with E-state index in [1.807, 2.05) is 0 Å². The van der Waals surface area contributed by atoms with E-state index in [2.05, 4.69) is 4.98 Å². The van der Waals surface area contributed by atoms with E-state index in [1.165, 1.54) is 23.9 Å². The summed E-state index contributed by atoms with van der Waals surface area (Å²) >= 11 is 1.20. The lowest BCUT2D eigenvalue weighted by atomic mass is 10.1. The number of alkyl halides is 3. The number of hydrogen-bond acceptors (Lipinski definition) is 3. The van der Waals surface area contributed by atoms with Crippen LogP contribution in [-0.2, 0) is 13.2 Å². The second-order valence-electron chi connectivity index (χ2n) is 4.04. The Hall–Kier alpha value is -1.96. The zero-order valence-corrected chi connectivity index (χ0v) is 11.2. The molecule has 2 aromatic rings. The van der Waals surface area contributed by atoms with Crippen LogP contribution in [-0.4, -0.2) is 15.4 Å². The summed E-state index contributed by atoms with van der Waals surface area (Å²) in [6.45, 7) is 0. The van der Waals surface area contributed by atoms with E-state index in [0.29, 0.717) is 10.1 Å². The van der Waals surface area contributed by atoms with E-state index in [0.717, 1.165) is 6.07 Å². The Kier molecular flexibility index (Phi) is 3.76. The number of nitrogen functional groups attached to an aromatic ring is 1. The van der Waals surface area contributed by atoms with Gasteiger partial charge in [-0.05, 0) is 18.2 Å². The molecule has 3 N–H and O–H groups in total. The average Bonchev–Trinajstić information content (AvgIpc) is 2.73. The molecule has 8 heteroatoms. The van der Waals surface area contributed by atoms with Crippen molar-refractivity contribution in [1.82, 2.24) is 9.55 Å². The Morgan fingerprint density at radius 3 is 2.60 bits per heavy atom. The third-order valence-corrected chi connectivity index (χ3v) is 3.64. The number of benzene rings is 1. The Labute approximate surface area is 117 Å². The summed E-state index contributed by atoms with van der Waals surface area (Å²) in [5, 5.41) is 7.93. The molecule has 0 saturated carbocycles. The minimum absolute atomic E-state index is 0.322. The first kappa shape index (κ1) is 14.4. The molecule has 0 amide bonds. The molecule has 1 aromatic carbocycles. The number of nitrogens with zero attached hydrogens (tertiary/aromatic N) is 2. The van der Waals surface area contributed by atoms with Crippen LogP contribution in [0.25, 0.3) is 0 Å². The first-order valence-electron chi connectivity index (χ1n) is 5.50. The van der Waals surface area contributed by atoms with E-state index in [4.69, 9.17) is 11.1 Å². The normalized spacial score (nSPS) is 11.6. The lowest BCUT2D eigenvalue weighted by Crippen LogP contribution is -2.18. The van der Waals surface area contributed by atoms with Crippen molar-refractivity contribution in [2.75, 3.05) is 0 Å². The van der Waals surface area contributed by atoms with Crippen LogP contribution in [0.4, 0.5) is 13.2 Å². The van der Waals surface area contributed by atoms with Crippen LogP contribution in [0.2, 0.25) is 0 Å². The van der Waals surface area contributed by atoms with Gasteiger partial charge in [-0.1, -0.05) is 11.8 Å². The largest absolute Gasteiger partial charge is 0.417 e. The molecular weight excluding hydrogens is 289 g/mol. The fourth-order valence-corrected chi connectivity index (χ4v) is 2.45. The van der Waals surface area contributed by atoms with Crippen molar-refractivity contribution in [3.8, 4) is 0 Å². The Balaban J connectivity index is 2.41. The van der Waals surface area contributed by atoms with Gasteiger partial charge in [0, 0.05) is 29.9 Å². The number of halogens is 3. The maximum atomic E-state index is 12.8. The predicted octanol–water partition coefficient (Wildman–Crippen LogP) is 2.87. The number of nitrogens with one attached hydrogen (secondary N) is 1. The molecular formula is C12H11F3N4S. The maximum absolute atomic E-state index is 12.8. The highest BCUT2D eigenvalue weighted by Gasteiger charge is 2.34. The first-order chi connectivity index (χ1) is 9.29. The van der Waals surface area contributed by atoms with Crippen molar-refractivity contribution in [3.05, 3.63) is 41.7 Å². The molecule has 4 nitrogen and oxygen atoms in total. The van der Waals surface area contributed by atoms with Gasteiger partial charge in [0.25, 0.3) is 0 Å². The standard InChI is InChI=1S/C12H11F3N4S/c1-19-5-4-18-11(19)20-7-2-3-9(12(13,14)15)8(6-7)10(16)17/h2-6H,1H3,(H3,16,17). The summed E-state index contributed by atoms with van der Waals surface area (Å²) in [7, 11) is 1.78. The van der Waals surface area contributed by atoms with Crippen LogP contribution < -0.4 is 5.73 Å². The zero-order valence-electron chi connectivity index (χ0n) is 10.4. The van der Waals surface area contributed by atoms with Gasteiger partial charge < -0.3 is 10.3 Å². The Bertz CT molecular complexity index is 648. The summed E-state index contributed by atoms with van der Waals surface area (Å²) in [5.74, 6) is -0.611. The number of imidazole rings is 1. The molecule has 0 unspecified atom stereocenters. The summed E-state index contributed by atoms with van der Waals surface area (Å²) in [5.41, 5.74) is 4.01. The monoisotopic (exact) mass is 300 g/mol. The topological polar surface area (TPSA) is 67.7 Å². The summed E-state index contributed by atoms with van der Waals surface area (Å²) in [4.78, 5) is 4.61. The van der Waals surface area contributed by atoms with Gasteiger partial charge in [0.2, 0.25) is 0 Å². The zero-order chi connectivity index (χ0) is 14.9. The number of nitrogens with two attached hydrogens (primary N) is 1. The minimum atomic E-state index is -4.53. The number of rotatable bonds is 3. The molecule has 0 aliphatic heterocycles. The predicted molar refractivity (Wildman–Crippen MR) is 69.8 cm³/mol. The summed E-state index contributed by atoms with van der Waals surface area (Å²) < 4.78 is 40.2. The highest BCUT2D eigenvalue weighted by Crippen LogP contribution is 2.35. The fraction of sp³-hybridized carbons (Fsp3) is 0.167. The molecule has 1 heterocycles. The van der Waals surface area contributed by atoms with E-state index >= 15 is 0 Å². The molecule has 1 aromatic heterocycles. The van der Waals surface area contributed by atoms with Crippen molar-refractivity contribution in [3.63, 3.8) is 0 Å². The Morgan fingerprint density at radius 1 is 1.40 bits per heavy atom. The molecule has 0 bridgehead atoms. The molecule has 0 aliphatic carbocycles. The van der Waals surface area contributed by atoms with Gasteiger partial charge >= 0.3 is 6.18 Å². The minimum Gasteiger partial charge on any atom is -0.384 e. The number of aromatic nitrogens is 2. The molecule has 0 fully saturated rings. The number of hydrogen-bond donors (Lipinski definition) is 2. The molecule has 0 radical (unpaired) electrons. The van der Waals surface area contributed by atoms with Crippen LogP contribution in [0.5, 0.6) is 0 Å². The van der Waals surface area contributed by atoms with Gasteiger partial charge in [-0.2, -0.15) is 13.2 Å². The van der Waals surface area contributed by atoms with E-state index in [-0.39, 0.29) is 5.56 Å². The van der Waals surface area contributed by atoms with Gasteiger partial charge in [-0.3, -0.25) is 5.41 Å². The maximum Gasteiger partial charge on any atom is 0.417 e. The van der Waals surface area contributed by atoms with Crippen molar-refractivity contribution < 1.29 is 13.2 Å². The molecule has 0 saturated heterocycles. The van der Waals surface area contributed by atoms with Crippen LogP contribution in [0.3, 0.4) is 0 Å². The van der Waals surface area contributed by atoms with Crippen molar-refractivity contribution >= 4 is 17.6 Å². The number of amidine groups is 1. The van der Waals surface area contributed by atoms with Crippen LogP contribution >= 0.6 is 11.8 Å². The van der Waals surface area contributed by atoms with E-state index in [1.54, 1.807) is 24.0 Å². The lowest BCUT2D eigenvalue weighted by molar-refractivity contribution is -0.137. The van der Waals surface area contributed by atoms with Crippen LogP contribution in [0.1, 0.15) is 11.1 Å². The van der Waals surface area contributed by atoms with Crippen molar-refractivity contribution in [2.24, 2.45) is 12.8 Å². The molecule has 0 atom stereocenters. The third-order valence-electron chi connectivity index (χ3n) is 2.57. The Morgan fingerprint density at radius 2 is 2.10 bits per heavy atom. The highest BCUT2D eigenvalue weighted by molar-refractivity contribution is 7.99. The van der Waals surface area contributed by atoms with Crippen LogP contribution in [0, 0.1) is 5.41 Å². The lowest BCUT2D eigenvalue weighted by Gasteiger charge is -2.13.